The fourth-order valence-corrected chi connectivity index (χ4v) is 2.38. The lowest BCUT2D eigenvalue weighted by molar-refractivity contribution is 0.102. The average molecular weight is 340 g/mol. The van der Waals surface area contributed by atoms with Gasteiger partial charge in [-0.15, -0.1) is 0 Å². The molecule has 1 aromatic carbocycles. The number of nitrogens with zero attached hydrogens (tertiary/aromatic N) is 1. The maximum absolute atomic E-state index is 12.1. The molecule has 1 amide bonds. The minimum absolute atomic E-state index is 0.239. The Labute approximate surface area is 125 Å². The van der Waals surface area contributed by atoms with E-state index in [-0.39, 0.29) is 5.91 Å². The van der Waals surface area contributed by atoms with E-state index in [0.717, 1.165) is 15.9 Å². The minimum atomic E-state index is -0.239. The summed E-state index contributed by atoms with van der Waals surface area (Å²) in [5, 5.41) is 3.25. The fourth-order valence-electron chi connectivity index (χ4n) is 1.66. The van der Waals surface area contributed by atoms with Gasteiger partial charge in [-0.1, -0.05) is 17.7 Å². The molecule has 0 fully saturated rings. The largest absolute Gasteiger partial charge is 0.320 e. The quantitative estimate of drug-likeness (QED) is 0.826. The molecule has 1 heterocycles. The molecule has 0 saturated heterocycles. The number of aromatic nitrogens is 1. The van der Waals surface area contributed by atoms with Gasteiger partial charge in [0.25, 0.3) is 5.91 Å². The van der Waals surface area contributed by atoms with Crippen LogP contribution in [0.1, 0.15) is 21.6 Å². The topological polar surface area (TPSA) is 42.0 Å². The zero-order valence-electron chi connectivity index (χ0n) is 10.5. The molecule has 0 saturated carbocycles. The van der Waals surface area contributed by atoms with E-state index in [2.05, 4.69) is 26.2 Å². The van der Waals surface area contributed by atoms with Gasteiger partial charge in [0.05, 0.1) is 22.0 Å². The number of halogens is 2. The van der Waals surface area contributed by atoms with E-state index in [4.69, 9.17) is 11.6 Å². The SMILES string of the molecule is Cc1ccc(C(=O)Nc2ccc(Br)nc2C)c(Cl)c1. The Bertz CT molecular complexity index is 643. The molecule has 0 unspecified atom stereocenters. The van der Waals surface area contributed by atoms with Crippen molar-refractivity contribution in [3.05, 3.63) is 56.8 Å². The van der Waals surface area contributed by atoms with Gasteiger partial charge >= 0.3 is 0 Å². The van der Waals surface area contributed by atoms with Crippen LogP contribution in [0.4, 0.5) is 5.69 Å². The Morgan fingerprint density at radius 1 is 1.26 bits per heavy atom. The molecule has 0 bridgehead atoms. The highest BCUT2D eigenvalue weighted by Gasteiger charge is 2.12. The van der Waals surface area contributed by atoms with Crippen molar-refractivity contribution in [2.45, 2.75) is 13.8 Å². The van der Waals surface area contributed by atoms with Gasteiger partial charge in [0.15, 0.2) is 0 Å². The molecule has 5 heteroatoms. The van der Waals surface area contributed by atoms with Gasteiger partial charge in [-0.3, -0.25) is 4.79 Å². The van der Waals surface area contributed by atoms with E-state index < -0.39 is 0 Å². The summed E-state index contributed by atoms with van der Waals surface area (Å²) in [6, 6.07) is 8.91. The van der Waals surface area contributed by atoms with Crippen molar-refractivity contribution < 1.29 is 4.79 Å². The Balaban J connectivity index is 2.25. The standard InChI is InChI=1S/C14H12BrClN2O/c1-8-3-4-10(11(16)7-8)14(19)18-12-5-6-13(15)17-9(12)2/h3-7H,1-2H3,(H,18,19). The molecule has 19 heavy (non-hydrogen) atoms. The van der Waals surface area contributed by atoms with Crippen molar-refractivity contribution in [2.24, 2.45) is 0 Å². The Morgan fingerprint density at radius 2 is 2.00 bits per heavy atom. The number of nitrogens with one attached hydrogen (secondary N) is 1. The van der Waals surface area contributed by atoms with Crippen molar-refractivity contribution in [3.63, 3.8) is 0 Å². The summed E-state index contributed by atoms with van der Waals surface area (Å²) in [7, 11) is 0. The van der Waals surface area contributed by atoms with E-state index in [1.165, 1.54) is 0 Å². The van der Waals surface area contributed by atoms with Crippen molar-refractivity contribution in [3.8, 4) is 0 Å². The van der Waals surface area contributed by atoms with Crippen LogP contribution in [-0.4, -0.2) is 10.9 Å². The third-order valence-corrected chi connectivity index (χ3v) is 3.42. The van der Waals surface area contributed by atoms with E-state index in [1.54, 1.807) is 24.3 Å². The number of aryl methyl sites for hydroxylation is 2. The summed E-state index contributed by atoms with van der Waals surface area (Å²) in [6.45, 7) is 3.76. The van der Waals surface area contributed by atoms with Gasteiger partial charge in [-0.2, -0.15) is 0 Å². The molecule has 2 aromatic rings. The lowest BCUT2D eigenvalue weighted by atomic mass is 10.1. The molecule has 98 valence electrons. The number of hydrogen-bond acceptors (Lipinski definition) is 2. The first-order valence-electron chi connectivity index (χ1n) is 5.68. The molecule has 0 spiro atoms. The van der Waals surface area contributed by atoms with Crippen LogP contribution in [0.3, 0.4) is 0 Å². The van der Waals surface area contributed by atoms with Gasteiger partial charge in [0, 0.05) is 0 Å². The van der Waals surface area contributed by atoms with Gasteiger partial charge in [0.1, 0.15) is 4.60 Å². The van der Waals surface area contributed by atoms with Crippen LogP contribution >= 0.6 is 27.5 Å². The van der Waals surface area contributed by atoms with Crippen molar-refractivity contribution >= 4 is 39.1 Å². The number of carbonyl (C=O) groups is 1. The molecule has 0 aliphatic heterocycles. The molecule has 1 N–H and O–H groups in total. The maximum atomic E-state index is 12.1. The normalized spacial score (nSPS) is 10.3. The zero-order chi connectivity index (χ0) is 14.0. The minimum Gasteiger partial charge on any atom is -0.320 e. The molecule has 3 nitrogen and oxygen atoms in total. The van der Waals surface area contributed by atoms with Crippen LogP contribution in [-0.2, 0) is 0 Å². The second kappa shape index (κ2) is 5.72. The van der Waals surface area contributed by atoms with Gasteiger partial charge in [-0.25, -0.2) is 4.98 Å². The molecule has 0 radical (unpaired) electrons. The van der Waals surface area contributed by atoms with Crippen molar-refractivity contribution in [1.29, 1.82) is 0 Å². The lowest BCUT2D eigenvalue weighted by Gasteiger charge is -2.09. The molecule has 0 atom stereocenters. The van der Waals surface area contributed by atoms with Crippen LogP contribution in [0.15, 0.2) is 34.9 Å². The first-order chi connectivity index (χ1) is 8.97. The van der Waals surface area contributed by atoms with E-state index in [9.17, 15) is 4.79 Å². The molecule has 1 aromatic heterocycles. The first kappa shape index (κ1) is 14.0. The van der Waals surface area contributed by atoms with Crippen LogP contribution in [0.2, 0.25) is 5.02 Å². The maximum Gasteiger partial charge on any atom is 0.257 e. The van der Waals surface area contributed by atoms with E-state index in [1.807, 2.05) is 19.9 Å². The monoisotopic (exact) mass is 338 g/mol. The lowest BCUT2D eigenvalue weighted by Crippen LogP contribution is -2.13. The Morgan fingerprint density at radius 3 is 2.63 bits per heavy atom. The average Bonchev–Trinajstić information content (AvgIpc) is 2.32. The highest BCUT2D eigenvalue weighted by molar-refractivity contribution is 9.10. The van der Waals surface area contributed by atoms with Gasteiger partial charge < -0.3 is 5.32 Å². The number of pyridine rings is 1. The highest BCUT2D eigenvalue weighted by Crippen LogP contribution is 2.21. The smallest absolute Gasteiger partial charge is 0.257 e. The summed E-state index contributed by atoms with van der Waals surface area (Å²) in [4.78, 5) is 16.4. The van der Waals surface area contributed by atoms with Crippen LogP contribution in [0.25, 0.3) is 0 Å². The van der Waals surface area contributed by atoms with Gasteiger partial charge in [-0.05, 0) is 59.6 Å². The number of carbonyl (C=O) groups excluding carboxylic acids is 1. The van der Waals surface area contributed by atoms with Gasteiger partial charge in [0.2, 0.25) is 0 Å². The molecule has 0 aliphatic rings. The number of hydrogen-bond donors (Lipinski definition) is 1. The summed E-state index contributed by atoms with van der Waals surface area (Å²) in [5.74, 6) is -0.239. The Hall–Kier alpha value is -1.39. The number of anilines is 1. The molecular weight excluding hydrogens is 328 g/mol. The molecule has 2 rings (SSSR count). The van der Waals surface area contributed by atoms with Crippen LogP contribution < -0.4 is 5.32 Å². The fraction of sp³-hybridized carbons (Fsp3) is 0.143. The van der Waals surface area contributed by atoms with Crippen LogP contribution in [0.5, 0.6) is 0 Å². The summed E-state index contributed by atoms with van der Waals surface area (Å²) in [5.41, 5.74) is 2.88. The predicted octanol–water partition coefficient (Wildman–Crippen LogP) is 4.37. The predicted molar refractivity (Wildman–Crippen MR) is 80.8 cm³/mol. The number of rotatable bonds is 2. The van der Waals surface area contributed by atoms with E-state index >= 15 is 0 Å². The Kier molecular flexibility index (Phi) is 4.22. The zero-order valence-corrected chi connectivity index (χ0v) is 12.8. The summed E-state index contributed by atoms with van der Waals surface area (Å²) >= 11 is 9.35. The second-order valence-electron chi connectivity index (χ2n) is 4.20. The first-order valence-corrected chi connectivity index (χ1v) is 6.85. The number of amides is 1. The third-order valence-electron chi connectivity index (χ3n) is 2.67. The second-order valence-corrected chi connectivity index (χ2v) is 5.42. The van der Waals surface area contributed by atoms with Crippen LogP contribution in [0, 0.1) is 13.8 Å². The van der Waals surface area contributed by atoms with Crippen molar-refractivity contribution in [2.75, 3.05) is 5.32 Å². The third kappa shape index (κ3) is 3.33. The molecular formula is C14H12BrClN2O. The molecule has 0 aliphatic carbocycles. The van der Waals surface area contributed by atoms with E-state index in [0.29, 0.717) is 16.3 Å². The summed E-state index contributed by atoms with van der Waals surface area (Å²) in [6.07, 6.45) is 0. The highest BCUT2D eigenvalue weighted by atomic mass is 79.9. The number of benzene rings is 1. The summed E-state index contributed by atoms with van der Waals surface area (Å²) < 4.78 is 0.733. The van der Waals surface area contributed by atoms with Crippen molar-refractivity contribution in [1.82, 2.24) is 4.98 Å².